The van der Waals surface area contributed by atoms with Crippen LogP contribution in [0.4, 0.5) is 4.79 Å². The molecule has 1 amide bonds. The van der Waals surface area contributed by atoms with Gasteiger partial charge in [0.15, 0.2) is 0 Å². The highest BCUT2D eigenvalue weighted by Crippen LogP contribution is 2.34. The molecule has 0 saturated heterocycles. The molecule has 1 aliphatic carbocycles. The van der Waals surface area contributed by atoms with E-state index >= 15 is 0 Å². The normalized spacial score (nSPS) is 17.8. The number of amides is 1. The largest absolute Gasteiger partial charge is 0.416 e. The number of carbonyl (C=O) groups is 1. The summed E-state index contributed by atoms with van der Waals surface area (Å²) in [6.07, 6.45) is 2.20. The summed E-state index contributed by atoms with van der Waals surface area (Å²) in [7, 11) is 0. The summed E-state index contributed by atoms with van der Waals surface area (Å²) in [6, 6.07) is 6.32. The number of hydrogen-bond donors (Lipinski definition) is 0. The molecule has 1 aliphatic heterocycles. The second-order valence-corrected chi connectivity index (χ2v) is 6.29. The Morgan fingerprint density at radius 2 is 2.10 bits per heavy atom. The zero-order chi connectivity index (χ0) is 14.6. The zero-order valence-electron chi connectivity index (χ0n) is 12.3. The van der Waals surface area contributed by atoms with Crippen LogP contribution in [0.2, 0.25) is 0 Å². The number of nitrogens with zero attached hydrogens (tertiary/aromatic N) is 2. The van der Waals surface area contributed by atoms with Crippen LogP contribution in [0.5, 0.6) is 5.88 Å². The summed E-state index contributed by atoms with van der Waals surface area (Å²) in [4.78, 5) is 18.4. The summed E-state index contributed by atoms with van der Waals surface area (Å²) in [6.45, 7) is 5.57. The number of fused-ring (bicyclic) bond motifs is 2. The Hall–Kier alpha value is -2.10. The van der Waals surface area contributed by atoms with Gasteiger partial charge in [-0.15, -0.1) is 0 Å². The summed E-state index contributed by atoms with van der Waals surface area (Å²) < 4.78 is 5.44. The van der Waals surface area contributed by atoms with E-state index in [4.69, 9.17) is 4.74 Å². The van der Waals surface area contributed by atoms with Gasteiger partial charge in [-0.2, -0.15) is 0 Å². The third-order valence-corrected chi connectivity index (χ3v) is 4.30. The summed E-state index contributed by atoms with van der Waals surface area (Å²) in [5.41, 5.74) is 4.29. The van der Waals surface area contributed by atoms with Crippen molar-refractivity contribution in [1.29, 1.82) is 0 Å². The first-order chi connectivity index (χ1) is 10.1. The van der Waals surface area contributed by atoms with Gasteiger partial charge >= 0.3 is 6.09 Å². The van der Waals surface area contributed by atoms with Gasteiger partial charge in [0.25, 0.3) is 0 Å². The van der Waals surface area contributed by atoms with E-state index in [0.29, 0.717) is 18.3 Å². The van der Waals surface area contributed by atoms with Gasteiger partial charge in [-0.25, -0.2) is 9.78 Å². The minimum atomic E-state index is -0.259. The molecule has 0 unspecified atom stereocenters. The van der Waals surface area contributed by atoms with Crippen molar-refractivity contribution in [3.8, 4) is 5.88 Å². The van der Waals surface area contributed by atoms with Crippen molar-refractivity contribution in [2.75, 3.05) is 6.54 Å². The average Bonchev–Trinajstić information content (AvgIpc) is 3.22. The van der Waals surface area contributed by atoms with E-state index in [0.717, 1.165) is 23.0 Å². The molecule has 108 valence electrons. The number of rotatable bonds is 2. The van der Waals surface area contributed by atoms with E-state index in [9.17, 15) is 4.79 Å². The van der Waals surface area contributed by atoms with Crippen LogP contribution in [0.3, 0.4) is 0 Å². The van der Waals surface area contributed by atoms with E-state index in [1.165, 1.54) is 24.0 Å². The molecule has 4 nitrogen and oxygen atoms in total. The number of carbonyl (C=O) groups excluding carboxylic acids is 1. The summed E-state index contributed by atoms with van der Waals surface area (Å²) in [5, 5.41) is 1.14. The highest BCUT2D eigenvalue weighted by atomic mass is 16.6. The Morgan fingerprint density at radius 1 is 1.29 bits per heavy atom. The quantitative estimate of drug-likeness (QED) is 0.845. The van der Waals surface area contributed by atoms with E-state index < -0.39 is 0 Å². The molecule has 21 heavy (non-hydrogen) atoms. The molecular formula is C17H18N2O2. The van der Waals surface area contributed by atoms with Gasteiger partial charge in [0.2, 0.25) is 5.88 Å². The maximum Gasteiger partial charge on any atom is 0.416 e. The first-order valence-corrected chi connectivity index (χ1v) is 7.48. The number of ether oxygens (including phenoxy) is 1. The van der Waals surface area contributed by atoms with Gasteiger partial charge in [-0.1, -0.05) is 6.07 Å². The van der Waals surface area contributed by atoms with Gasteiger partial charge in [0.05, 0.1) is 12.1 Å². The van der Waals surface area contributed by atoms with E-state index in [1.807, 2.05) is 6.07 Å². The first kappa shape index (κ1) is 12.6. The zero-order valence-corrected chi connectivity index (χ0v) is 12.3. The van der Waals surface area contributed by atoms with Crippen LogP contribution in [0.1, 0.15) is 29.5 Å². The van der Waals surface area contributed by atoms with Crippen LogP contribution in [0.15, 0.2) is 18.2 Å². The highest BCUT2D eigenvalue weighted by Gasteiger charge is 2.32. The predicted molar refractivity (Wildman–Crippen MR) is 80.4 cm³/mol. The SMILES string of the molecule is Cc1cc(C)c2cc3c(nc2c1)OC(=O)N(CC1CC1)C3. The van der Waals surface area contributed by atoms with Crippen molar-refractivity contribution in [3.05, 3.63) is 34.9 Å². The maximum absolute atomic E-state index is 12.1. The molecule has 4 rings (SSSR count). The van der Waals surface area contributed by atoms with Crippen molar-refractivity contribution in [2.45, 2.75) is 33.2 Å². The Bertz CT molecular complexity index is 750. The van der Waals surface area contributed by atoms with Crippen LogP contribution >= 0.6 is 0 Å². The second kappa shape index (κ2) is 4.45. The molecule has 0 atom stereocenters. The lowest BCUT2D eigenvalue weighted by Gasteiger charge is -2.27. The Kier molecular flexibility index (Phi) is 2.67. The fourth-order valence-electron chi connectivity index (χ4n) is 3.02. The van der Waals surface area contributed by atoms with Crippen molar-refractivity contribution < 1.29 is 9.53 Å². The lowest BCUT2D eigenvalue weighted by Crippen LogP contribution is -2.38. The molecule has 2 heterocycles. The molecule has 1 fully saturated rings. The van der Waals surface area contributed by atoms with Crippen LogP contribution < -0.4 is 4.74 Å². The van der Waals surface area contributed by atoms with Crippen LogP contribution in [0, 0.1) is 19.8 Å². The topological polar surface area (TPSA) is 42.4 Å². The molecule has 0 N–H and O–H groups in total. The highest BCUT2D eigenvalue weighted by molar-refractivity contribution is 5.85. The fraction of sp³-hybridized carbons (Fsp3) is 0.412. The number of aryl methyl sites for hydroxylation is 2. The Labute approximate surface area is 123 Å². The molecule has 0 radical (unpaired) electrons. The van der Waals surface area contributed by atoms with Crippen LogP contribution in [-0.2, 0) is 6.54 Å². The van der Waals surface area contributed by atoms with Crippen molar-refractivity contribution >= 4 is 17.0 Å². The molecule has 2 aromatic rings. The minimum Gasteiger partial charge on any atom is -0.391 e. The number of aromatic nitrogens is 1. The smallest absolute Gasteiger partial charge is 0.391 e. The Morgan fingerprint density at radius 3 is 2.86 bits per heavy atom. The number of hydrogen-bond acceptors (Lipinski definition) is 3. The summed E-state index contributed by atoms with van der Waals surface area (Å²) >= 11 is 0. The van der Waals surface area contributed by atoms with Gasteiger partial charge in [0.1, 0.15) is 0 Å². The van der Waals surface area contributed by atoms with Gasteiger partial charge < -0.3 is 9.64 Å². The van der Waals surface area contributed by atoms with Gasteiger partial charge in [-0.05, 0) is 55.9 Å². The first-order valence-electron chi connectivity index (χ1n) is 7.48. The van der Waals surface area contributed by atoms with Crippen LogP contribution in [-0.4, -0.2) is 22.5 Å². The van der Waals surface area contributed by atoms with E-state index in [-0.39, 0.29) is 6.09 Å². The fourth-order valence-corrected chi connectivity index (χ4v) is 3.02. The molecule has 4 heteroatoms. The number of pyridine rings is 1. The van der Waals surface area contributed by atoms with Crippen molar-refractivity contribution in [1.82, 2.24) is 9.88 Å². The van der Waals surface area contributed by atoms with Crippen LogP contribution in [0.25, 0.3) is 10.9 Å². The number of benzene rings is 1. The molecule has 1 aromatic carbocycles. The average molecular weight is 282 g/mol. The lowest BCUT2D eigenvalue weighted by molar-refractivity contribution is 0.133. The molecule has 2 aliphatic rings. The summed E-state index contributed by atoms with van der Waals surface area (Å²) in [5.74, 6) is 1.14. The predicted octanol–water partition coefficient (Wildman–Crippen LogP) is 3.58. The molecule has 1 aromatic heterocycles. The molecule has 1 saturated carbocycles. The maximum atomic E-state index is 12.1. The van der Waals surface area contributed by atoms with Gasteiger partial charge in [-0.3, -0.25) is 0 Å². The third-order valence-electron chi connectivity index (χ3n) is 4.30. The van der Waals surface area contributed by atoms with Crippen molar-refractivity contribution in [2.24, 2.45) is 5.92 Å². The van der Waals surface area contributed by atoms with E-state index in [1.54, 1.807) is 4.90 Å². The molecule has 0 spiro atoms. The van der Waals surface area contributed by atoms with Crippen molar-refractivity contribution in [3.63, 3.8) is 0 Å². The Balaban J connectivity index is 1.76. The molecular weight excluding hydrogens is 264 g/mol. The second-order valence-electron chi connectivity index (χ2n) is 6.29. The minimum absolute atomic E-state index is 0.259. The van der Waals surface area contributed by atoms with E-state index in [2.05, 4.69) is 31.0 Å². The lowest BCUT2D eigenvalue weighted by atomic mass is 10.0. The monoisotopic (exact) mass is 282 g/mol. The standard InChI is InChI=1S/C17H18N2O2/c1-10-5-11(2)14-7-13-9-19(8-12-3-4-12)17(20)21-16(13)18-15(14)6-10/h5-7,12H,3-4,8-9H2,1-2H3. The molecule has 0 bridgehead atoms. The third kappa shape index (κ3) is 2.24. The van der Waals surface area contributed by atoms with Gasteiger partial charge in [0, 0.05) is 17.5 Å².